The number of ether oxygens (including phenoxy) is 1. The molecule has 28 heavy (non-hydrogen) atoms. The monoisotopic (exact) mass is 398 g/mol. The molecule has 8 heteroatoms. The maximum atomic E-state index is 13.1. The van der Waals surface area contributed by atoms with Gasteiger partial charge in [0.1, 0.15) is 5.75 Å². The molecular formula is C20H19ClN4O3. The van der Waals surface area contributed by atoms with Crippen LogP contribution in [-0.4, -0.2) is 47.7 Å². The Morgan fingerprint density at radius 2 is 2.14 bits per heavy atom. The molecule has 1 amide bonds. The highest BCUT2D eigenvalue weighted by atomic mass is 35.5. The molecule has 1 saturated heterocycles. The molecule has 2 heterocycles. The number of hydrogen-bond acceptors (Lipinski definition) is 6. The molecule has 1 unspecified atom stereocenters. The summed E-state index contributed by atoms with van der Waals surface area (Å²) in [5.41, 5.74) is 1.58. The molecule has 1 aliphatic heterocycles. The quantitative estimate of drug-likeness (QED) is 0.727. The highest BCUT2D eigenvalue weighted by molar-refractivity contribution is 6.31. The van der Waals surface area contributed by atoms with Crippen LogP contribution in [0.1, 0.15) is 22.2 Å². The van der Waals surface area contributed by atoms with E-state index < -0.39 is 0 Å². The molecule has 0 spiro atoms. The Morgan fingerprint density at radius 3 is 2.96 bits per heavy atom. The minimum Gasteiger partial charge on any atom is -0.497 e. The third-order valence-electron chi connectivity index (χ3n) is 4.70. The van der Waals surface area contributed by atoms with Gasteiger partial charge in [0.15, 0.2) is 0 Å². The number of piperazine rings is 1. The number of hydrogen-bond donors (Lipinski definition) is 1. The summed E-state index contributed by atoms with van der Waals surface area (Å²) in [7, 11) is 1.58. The first kappa shape index (κ1) is 18.5. The van der Waals surface area contributed by atoms with Gasteiger partial charge in [-0.05, 0) is 29.8 Å². The smallest absolute Gasteiger partial charge is 0.295 e. The van der Waals surface area contributed by atoms with E-state index in [1.165, 1.54) is 0 Å². The number of amides is 1. The van der Waals surface area contributed by atoms with Gasteiger partial charge in [0.25, 0.3) is 17.6 Å². The van der Waals surface area contributed by atoms with Crippen LogP contribution in [0.25, 0.3) is 11.5 Å². The van der Waals surface area contributed by atoms with E-state index in [0.717, 1.165) is 5.56 Å². The van der Waals surface area contributed by atoms with E-state index in [0.29, 0.717) is 36.0 Å². The number of carbonyl (C=O) groups excluding carboxylic acids is 1. The van der Waals surface area contributed by atoms with Crippen molar-refractivity contribution >= 4 is 17.5 Å². The van der Waals surface area contributed by atoms with Gasteiger partial charge in [-0.15, -0.1) is 0 Å². The molecule has 1 aliphatic rings. The lowest BCUT2D eigenvalue weighted by atomic mass is 10.0. The minimum absolute atomic E-state index is 0.0248. The van der Waals surface area contributed by atoms with Crippen molar-refractivity contribution in [3.8, 4) is 17.2 Å². The second-order valence-corrected chi connectivity index (χ2v) is 6.80. The van der Waals surface area contributed by atoms with Gasteiger partial charge in [-0.1, -0.05) is 41.0 Å². The molecule has 1 N–H and O–H groups in total. The zero-order valence-corrected chi connectivity index (χ0v) is 16.0. The van der Waals surface area contributed by atoms with Crippen molar-refractivity contribution in [2.24, 2.45) is 0 Å². The Balaban J connectivity index is 1.61. The summed E-state index contributed by atoms with van der Waals surface area (Å²) in [4.78, 5) is 19.1. The molecule has 0 radical (unpaired) electrons. The fraction of sp³-hybridized carbons (Fsp3) is 0.250. The second kappa shape index (κ2) is 8.00. The van der Waals surface area contributed by atoms with Gasteiger partial charge in [0, 0.05) is 30.2 Å². The maximum Gasteiger partial charge on any atom is 0.295 e. The van der Waals surface area contributed by atoms with Crippen molar-refractivity contribution in [3.63, 3.8) is 0 Å². The fourth-order valence-corrected chi connectivity index (χ4v) is 3.54. The average Bonchev–Trinajstić information content (AvgIpc) is 3.24. The van der Waals surface area contributed by atoms with Gasteiger partial charge in [-0.3, -0.25) is 4.79 Å². The van der Waals surface area contributed by atoms with Gasteiger partial charge in [-0.25, -0.2) is 0 Å². The molecule has 3 aromatic rings. The van der Waals surface area contributed by atoms with Crippen LogP contribution in [0.2, 0.25) is 5.02 Å². The normalized spacial score (nSPS) is 16.8. The van der Waals surface area contributed by atoms with Crippen LogP contribution in [0, 0.1) is 0 Å². The Labute approximate surface area is 167 Å². The lowest BCUT2D eigenvalue weighted by molar-refractivity contribution is 0.0618. The van der Waals surface area contributed by atoms with Crippen LogP contribution in [-0.2, 0) is 0 Å². The van der Waals surface area contributed by atoms with E-state index in [9.17, 15) is 4.79 Å². The van der Waals surface area contributed by atoms with Crippen LogP contribution in [0.5, 0.6) is 5.75 Å². The zero-order chi connectivity index (χ0) is 19.5. The summed E-state index contributed by atoms with van der Waals surface area (Å²) in [5.74, 6) is 0.678. The minimum atomic E-state index is -0.288. The van der Waals surface area contributed by atoms with Gasteiger partial charge in [-0.2, -0.15) is 4.98 Å². The average molecular weight is 399 g/mol. The predicted molar refractivity (Wildman–Crippen MR) is 104 cm³/mol. The van der Waals surface area contributed by atoms with Crippen molar-refractivity contribution in [1.29, 1.82) is 0 Å². The van der Waals surface area contributed by atoms with Crippen LogP contribution in [0.3, 0.4) is 0 Å². The standard InChI is InChI=1S/C20H19ClN4O3/c1-27-14-6-4-5-13(11-14)19-23-18(24-28-19)20(26)25-10-9-22-12-17(25)15-7-2-3-8-16(15)21/h2-8,11,17,22H,9-10,12H2,1H3. The number of rotatable bonds is 4. The SMILES string of the molecule is COc1cccc(-c2nc(C(=O)N3CCNCC3c3ccccc3Cl)no2)c1. The molecule has 7 nitrogen and oxygen atoms in total. The molecular weight excluding hydrogens is 380 g/mol. The number of nitrogens with zero attached hydrogens (tertiary/aromatic N) is 3. The molecule has 0 aliphatic carbocycles. The third kappa shape index (κ3) is 3.58. The molecule has 0 saturated carbocycles. The number of aromatic nitrogens is 2. The highest BCUT2D eigenvalue weighted by Gasteiger charge is 2.32. The van der Waals surface area contributed by atoms with Crippen molar-refractivity contribution in [1.82, 2.24) is 20.4 Å². The van der Waals surface area contributed by atoms with Gasteiger partial charge in [0.05, 0.1) is 13.2 Å². The van der Waals surface area contributed by atoms with Crippen molar-refractivity contribution in [2.75, 3.05) is 26.7 Å². The first-order valence-corrected chi connectivity index (χ1v) is 9.29. The molecule has 144 valence electrons. The second-order valence-electron chi connectivity index (χ2n) is 6.40. The van der Waals surface area contributed by atoms with Gasteiger partial charge < -0.3 is 19.5 Å². The Hall–Kier alpha value is -2.90. The number of halogens is 1. The van der Waals surface area contributed by atoms with Gasteiger partial charge >= 0.3 is 0 Å². The van der Waals surface area contributed by atoms with E-state index in [1.54, 1.807) is 18.1 Å². The van der Waals surface area contributed by atoms with E-state index >= 15 is 0 Å². The van der Waals surface area contributed by atoms with E-state index in [1.807, 2.05) is 42.5 Å². The molecule has 1 aromatic heterocycles. The van der Waals surface area contributed by atoms with Crippen molar-refractivity contribution in [2.45, 2.75) is 6.04 Å². The summed E-state index contributed by atoms with van der Waals surface area (Å²) >= 11 is 6.36. The van der Waals surface area contributed by atoms with Crippen LogP contribution < -0.4 is 10.1 Å². The summed E-state index contributed by atoms with van der Waals surface area (Å²) in [6, 6.07) is 14.6. The van der Waals surface area contributed by atoms with E-state index in [4.69, 9.17) is 20.9 Å². The van der Waals surface area contributed by atoms with Crippen LogP contribution in [0.15, 0.2) is 53.1 Å². The summed E-state index contributed by atoms with van der Waals surface area (Å²) in [5, 5.41) is 7.84. The maximum absolute atomic E-state index is 13.1. The lowest BCUT2D eigenvalue weighted by Crippen LogP contribution is -2.49. The molecule has 4 rings (SSSR count). The molecule has 0 bridgehead atoms. The largest absolute Gasteiger partial charge is 0.497 e. The summed E-state index contributed by atoms with van der Waals surface area (Å²) in [6.45, 7) is 1.82. The Kier molecular flexibility index (Phi) is 5.27. The number of carbonyl (C=O) groups is 1. The summed E-state index contributed by atoms with van der Waals surface area (Å²) in [6.07, 6.45) is 0. The summed E-state index contributed by atoms with van der Waals surface area (Å²) < 4.78 is 10.5. The third-order valence-corrected chi connectivity index (χ3v) is 5.05. The molecule has 1 atom stereocenters. The van der Waals surface area contributed by atoms with Crippen molar-refractivity contribution in [3.05, 3.63) is 64.9 Å². The van der Waals surface area contributed by atoms with E-state index in [-0.39, 0.29) is 23.7 Å². The highest BCUT2D eigenvalue weighted by Crippen LogP contribution is 2.30. The lowest BCUT2D eigenvalue weighted by Gasteiger charge is -2.36. The first-order valence-electron chi connectivity index (χ1n) is 8.91. The predicted octanol–water partition coefficient (Wildman–Crippen LogP) is 3.19. The van der Waals surface area contributed by atoms with Crippen LogP contribution in [0.4, 0.5) is 0 Å². The number of nitrogens with one attached hydrogen (secondary N) is 1. The topological polar surface area (TPSA) is 80.5 Å². The Bertz CT molecular complexity index is 991. The number of methoxy groups -OCH3 is 1. The zero-order valence-electron chi connectivity index (χ0n) is 15.3. The number of benzene rings is 2. The molecule has 2 aromatic carbocycles. The Morgan fingerprint density at radius 1 is 1.29 bits per heavy atom. The van der Waals surface area contributed by atoms with Crippen molar-refractivity contribution < 1.29 is 14.1 Å². The molecule has 1 fully saturated rings. The van der Waals surface area contributed by atoms with E-state index in [2.05, 4.69) is 15.5 Å². The fourth-order valence-electron chi connectivity index (χ4n) is 3.28. The van der Waals surface area contributed by atoms with Gasteiger partial charge in [0.2, 0.25) is 0 Å². The first-order chi connectivity index (χ1) is 13.7. The van der Waals surface area contributed by atoms with Crippen LogP contribution >= 0.6 is 11.6 Å².